The number of ether oxygens (including phenoxy) is 1. The molecule has 0 amide bonds. The monoisotopic (exact) mass is 424 g/mol. The van der Waals surface area contributed by atoms with Crippen molar-refractivity contribution in [3.63, 3.8) is 0 Å². The van der Waals surface area contributed by atoms with Crippen LogP contribution in [0.2, 0.25) is 0 Å². The molecule has 0 unspecified atom stereocenters. The largest absolute Gasteiger partial charge is 0.573 e. The number of nitrogens with one attached hydrogen (secondary N) is 1. The maximum Gasteiger partial charge on any atom is 0.573 e. The van der Waals surface area contributed by atoms with E-state index in [1.807, 2.05) is 12.1 Å². The quantitative estimate of drug-likeness (QED) is 0.738. The third-order valence-corrected chi connectivity index (χ3v) is 3.51. The van der Waals surface area contributed by atoms with Gasteiger partial charge in [-0.3, -0.25) is 4.98 Å². The van der Waals surface area contributed by atoms with Crippen molar-refractivity contribution in [3.05, 3.63) is 51.2 Å². The number of alkyl halides is 3. The number of halogens is 5. The molecule has 0 spiro atoms. The van der Waals surface area contributed by atoms with Crippen LogP contribution in [0.3, 0.4) is 0 Å². The van der Waals surface area contributed by atoms with Crippen LogP contribution >= 0.6 is 31.9 Å². The molecule has 0 aliphatic carbocycles. The molecule has 2 rings (SSSR count). The highest BCUT2D eigenvalue weighted by molar-refractivity contribution is 9.10. The molecule has 0 aliphatic heterocycles. The van der Waals surface area contributed by atoms with Crippen molar-refractivity contribution in [3.8, 4) is 5.75 Å². The Kier molecular flexibility index (Phi) is 5.10. The van der Waals surface area contributed by atoms with Crippen molar-refractivity contribution in [2.75, 3.05) is 5.32 Å². The summed E-state index contributed by atoms with van der Waals surface area (Å²) in [6, 6.07) is 7.97. The first kappa shape index (κ1) is 16.1. The van der Waals surface area contributed by atoms with Gasteiger partial charge in [0, 0.05) is 16.4 Å². The van der Waals surface area contributed by atoms with Gasteiger partial charge in [-0.15, -0.1) is 13.2 Å². The van der Waals surface area contributed by atoms with Crippen molar-refractivity contribution in [2.45, 2.75) is 12.9 Å². The van der Waals surface area contributed by atoms with Gasteiger partial charge in [-0.1, -0.05) is 0 Å². The van der Waals surface area contributed by atoms with Gasteiger partial charge in [-0.05, 0) is 62.2 Å². The first-order chi connectivity index (χ1) is 9.83. The lowest BCUT2D eigenvalue weighted by molar-refractivity contribution is -0.274. The number of hydrogen-bond donors (Lipinski definition) is 1. The lowest BCUT2D eigenvalue weighted by Gasteiger charge is -2.12. The van der Waals surface area contributed by atoms with E-state index in [4.69, 9.17) is 0 Å². The predicted molar refractivity (Wildman–Crippen MR) is 80.1 cm³/mol. The van der Waals surface area contributed by atoms with Crippen LogP contribution in [0.4, 0.5) is 18.9 Å². The molecule has 3 nitrogen and oxygen atoms in total. The topological polar surface area (TPSA) is 34.1 Å². The third-order valence-electron chi connectivity index (χ3n) is 2.42. The van der Waals surface area contributed by atoms with Crippen molar-refractivity contribution in [1.82, 2.24) is 4.98 Å². The second-order valence-corrected chi connectivity index (χ2v) is 5.78. The van der Waals surface area contributed by atoms with E-state index < -0.39 is 6.36 Å². The molecule has 1 N–H and O–H groups in total. The molecule has 0 bridgehead atoms. The van der Waals surface area contributed by atoms with Gasteiger partial charge in [0.05, 0.1) is 16.7 Å². The van der Waals surface area contributed by atoms with E-state index in [1.165, 1.54) is 18.2 Å². The molecule has 1 aromatic heterocycles. The van der Waals surface area contributed by atoms with E-state index in [2.05, 4.69) is 46.9 Å². The minimum atomic E-state index is -4.71. The lowest BCUT2D eigenvalue weighted by Crippen LogP contribution is -2.17. The molecule has 21 heavy (non-hydrogen) atoms. The van der Waals surface area contributed by atoms with Crippen LogP contribution in [-0.4, -0.2) is 11.3 Å². The predicted octanol–water partition coefficient (Wildman–Crippen LogP) is 5.12. The smallest absolute Gasteiger partial charge is 0.405 e. The molecule has 1 heterocycles. The van der Waals surface area contributed by atoms with E-state index in [-0.39, 0.29) is 10.2 Å². The number of hydrogen-bond acceptors (Lipinski definition) is 3. The van der Waals surface area contributed by atoms with Gasteiger partial charge in [-0.25, -0.2) is 0 Å². The molecular formula is C13H9Br2F3N2O. The van der Waals surface area contributed by atoms with Crippen molar-refractivity contribution >= 4 is 37.5 Å². The van der Waals surface area contributed by atoms with Gasteiger partial charge in [0.1, 0.15) is 5.75 Å². The number of aromatic nitrogens is 1. The fraction of sp³-hybridized carbons (Fsp3) is 0.154. The third kappa shape index (κ3) is 5.20. The molecule has 0 radical (unpaired) electrons. The van der Waals surface area contributed by atoms with Crippen molar-refractivity contribution < 1.29 is 17.9 Å². The Labute approximate surface area is 135 Å². The molecule has 0 aliphatic rings. The van der Waals surface area contributed by atoms with E-state index in [0.717, 1.165) is 10.2 Å². The van der Waals surface area contributed by atoms with Gasteiger partial charge in [0.15, 0.2) is 0 Å². The number of rotatable bonds is 4. The second-order valence-electron chi connectivity index (χ2n) is 4.01. The van der Waals surface area contributed by atoms with E-state index in [9.17, 15) is 13.2 Å². The number of benzene rings is 1. The Morgan fingerprint density at radius 1 is 1.14 bits per heavy atom. The van der Waals surface area contributed by atoms with Crippen molar-refractivity contribution in [2.24, 2.45) is 0 Å². The molecule has 1 aromatic carbocycles. The number of anilines is 1. The van der Waals surface area contributed by atoms with Crippen molar-refractivity contribution in [1.29, 1.82) is 0 Å². The Hall–Kier alpha value is -1.28. The van der Waals surface area contributed by atoms with Gasteiger partial charge < -0.3 is 10.1 Å². The van der Waals surface area contributed by atoms with Gasteiger partial charge >= 0.3 is 6.36 Å². The highest BCUT2D eigenvalue weighted by Crippen LogP contribution is 2.32. The summed E-state index contributed by atoms with van der Waals surface area (Å²) in [4.78, 5) is 4.19. The normalized spacial score (nSPS) is 11.3. The Bertz CT molecular complexity index is 618. The van der Waals surface area contributed by atoms with Crippen LogP contribution in [0.25, 0.3) is 0 Å². The standard InChI is InChI=1S/C13H9Br2F3N2O/c14-8-1-2-10(19-6-8)7-20-9-3-4-12(11(15)5-9)21-13(16,17)18/h1-6,20H,7H2. The van der Waals surface area contributed by atoms with E-state index >= 15 is 0 Å². The van der Waals surface area contributed by atoms with Crippen LogP contribution in [-0.2, 0) is 6.54 Å². The van der Waals surface area contributed by atoms with Crippen LogP contribution in [0, 0.1) is 0 Å². The molecule has 0 saturated heterocycles. The summed E-state index contributed by atoms with van der Waals surface area (Å²) in [6.45, 7) is 0.458. The highest BCUT2D eigenvalue weighted by Gasteiger charge is 2.31. The molecule has 2 aromatic rings. The summed E-state index contributed by atoms with van der Waals surface area (Å²) in [7, 11) is 0. The SMILES string of the molecule is FC(F)(F)Oc1ccc(NCc2ccc(Br)cn2)cc1Br. The van der Waals surface area contributed by atoms with Crippen LogP contribution in [0.1, 0.15) is 5.69 Å². The summed E-state index contributed by atoms with van der Waals surface area (Å²) in [5, 5.41) is 3.07. The zero-order chi connectivity index (χ0) is 15.5. The van der Waals surface area contributed by atoms with Crippen LogP contribution in [0.5, 0.6) is 5.75 Å². The summed E-state index contributed by atoms with van der Waals surface area (Å²) in [6.07, 6.45) is -3.04. The average Bonchev–Trinajstić information content (AvgIpc) is 2.40. The molecule has 8 heteroatoms. The molecule has 0 atom stereocenters. The van der Waals surface area contributed by atoms with Crippen LogP contribution in [0.15, 0.2) is 45.5 Å². The zero-order valence-corrected chi connectivity index (χ0v) is 13.6. The maximum atomic E-state index is 12.2. The first-order valence-electron chi connectivity index (χ1n) is 5.73. The Morgan fingerprint density at radius 2 is 1.90 bits per heavy atom. The van der Waals surface area contributed by atoms with Crippen LogP contribution < -0.4 is 10.1 Å². The van der Waals surface area contributed by atoms with E-state index in [1.54, 1.807) is 6.20 Å². The summed E-state index contributed by atoms with van der Waals surface area (Å²) in [5.74, 6) is -0.283. The average molecular weight is 426 g/mol. The zero-order valence-electron chi connectivity index (χ0n) is 10.4. The molecule has 0 saturated carbocycles. The Morgan fingerprint density at radius 3 is 2.48 bits per heavy atom. The Balaban J connectivity index is 2.01. The lowest BCUT2D eigenvalue weighted by atomic mass is 10.3. The molecule has 0 fully saturated rings. The summed E-state index contributed by atoms with van der Waals surface area (Å²) >= 11 is 6.34. The fourth-order valence-corrected chi connectivity index (χ4v) is 2.22. The first-order valence-corrected chi connectivity index (χ1v) is 7.32. The minimum absolute atomic E-state index is 0.216. The fourth-order valence-electron chi connectivity index (χ4n) is 1.52. The van der Waals surface area contributed by atoms with E-state index in [0.29, 0.717) is 12.2 Å². The van der Waals surface area contributed by atoms with Gasteiger partial charge in [-0.2, -0.15) is 0 Å². The summed E-state index contributed by atoms with van der Waals surface area (Å²) in [5.41, 5.74) is 1.46. The van der Waals surface area contributed by atoms with Gasteiger partial charge in [0.2, 0.25) is 0 Å². The second kappa shape index (κ2) is 6.65. The van der Waals surface area contributed by atoms with Gasteiger partial charge in [0.25, 0.3) is 0 Å². The maximum absolute atomic E-state index is 12.2. The number of nitrogens with zero attached hydrogens (tertiary/aromatic N) is 1. The number of pyridine rings is 1. The molecule has 112 valence electrons. The molecular weight excluding hydrogens is 417 g/mol. The summed E-state index contributed by atoms with van der Waals surface area (Å²) < 4.78 is 41.4. The highest BCUT2D eigenvalue weighted by atomic mass is 79.9. The minimum Gasteiger partial charge on any atom is -0.405 e.